The van der Waals surface area contributed by atoms with E-state index in [1.54, 1.807) is 0 Å². The Morgan fingerprint density at radius 3 is 2.32 bits per heavy atom. The number of para-hydroxylation sites is 2. The molecule has 4 aromatic carbocycles. The highest BCUT2D eigenvalue weighted by molar-refractivity contribution is 6.98. The molecule has 0 saturated heterocycles. The van der Waals surface area contributed by atoms with Crippen molar-refractivity contribution in [2.45, 2.75) is 6.85 Å². The summed E-state index contributed by atoms with van der Waals surface area (Å²) in [6, 6.07) is 31.5. The number of ether oxygens (including phenoxy) is 2. The Bertz CT molecular complexity index is 1680. The van der Waals surface area contributed by atoms with Crippen molar-refractivity contribution in [3.05, 3.63) is 109 Å². The Morgan fingerprint density at radius 2 is 1.44 bits per heavy atom. The number of aryl methyl sites for hydroxylation is 1. The van der Waals surface area contributed by atoms with Crippen molar-refractivity contribution in [3.8, 4) is 45.4 Å². The molecule has 0 radical (unpaired) electrons. The summed E-state index contributed by atoms with van der Waals surface area (Å²) in [6.07, 6.45) is 1.47. The minimum Gasteiger partial charge on any atom is -0.458 e. The van der Waals surface area contributed by atoms with Crippen LogP contribution in [0.15, 0.2) is 103 Å². The third-order valence-corrected chi connectivity index (χ3v) is 6.60. The van der Waals surface area contributed by atoms with Crippen LogP contribution in [0.1, 0.15) is 9.68 Å². The van der Waals surface area contributed by atoms with Crippen molar-refractivity contribution in [1.82, 2.24) is 4.98 Å². The van der Waals surface area contributed by atoms with Gasteiger partial charge in [0.15, 0.2) is 0 Å². The first-order chi connectivity index (χ1) is 18.0. The van der Waals surface area contributed by atoms with Gasteiger partial charge in [0.2, 0.25) is 0 Å². The third kappa shape index (κ3) is 2.82. The summed E-state index contributed by atoms with van der Waals surface area (Å²) in [5.74, 6) is 3.10. The molecule has 5 aromatic rings. The van der Waals surface area contributed by atoms with E-state index in [-0.39, 0.29) is 12.3 Å². The first-order valence-corrected chi connectivity index (χ1v) is 11.3. The Morgan fingerprint density at radius 1 is 0.706 bits per heavy atom. The van der Waals surface area contributed by atoms with Gasteiger partial charge < -0.3 is 9.47 Å². The molecule has 7 rings (SSSR count). The molecule has 1 aromatic heterocycles. The van der Waals surface area contributed by atoms with Crippen LogP contribution < -0.4 is 25.9 Å². The molecule has 0 N–H and O–H groups in total. The maximum Gasteiger partial charge on any atom is 0.260 e. The molecular weight excluding hydrogens is 417 g/mol. The van der Waals surface area contributed by atoms with Crippen LogP contribution in [-0.4, -0.2) is 11.7 Å². The van der Waals surface area contributed by atoms with Crippen molar-refractivity contribution in [2.24, 2.45) is 0 Å². The lowest BCUT2D eigenvalue weighted by Crippen LogP contribution is -2.57. The number of rotatable bonds is 2. The highest BCUT2D eigenvalue weighted by Gasteiger charge is 2.40. The molecule has 34 heavy (non-hydrogen) atoms. The number of fused-ring (bicyclic) bond motifs is 4. The first kappa shape index (κ1) is 16.3. The highest BCUT2D eigenvalue weighted by Crippen LogP contribution is 2.39. The first-order valence-electron chi connectivity index (χ1n) is 12.8. The number of pyridine rings is 1. The van der Waals surface area contributed by atoms with Crippen molar-refractivity contribution < 1.29 is 13.6 Å². The van der Waals surface area contributed by atoms with E-state index in [9.17, 15) is 0 Å². The Labute approximate surface area is 202 Å². The van der Waals surface area contributed by atoms with Crippen molar-refractivity contribution in [2.75, 3.05) is 0 Å². The van der Waals surface area contributed by atoms with Gasteiger partial charge in [0.05, 0.1) is 5.69 Å². The monoisotopic (exact) mass is 440 g/mol. The van der Waals surface area contributed by atoms with Gasteiger partial charge in [0.1, 0.15) is 23.0 Å². The SMILES string of the molecule is [2H]C([2H])([2H])c1cnc(-c2cccc3c2Oc2cccc4c2B3c2ccccc2O4)cc1-c1ccccc1. The molecule has 0 bridgehead atoms. The van der Waals surface area contributed by atoms with E-state index in [1.165, 1.54) is 6.20 Å². The second-order valence-electron chi connectivity index (χ2n) is 8.55. The summed E-state index contributed by atoms with van der Waals surface area (Å²) < 4.78 is 37.0. The molecule has 3 heterocycles. The van der Waals surface area contributed by atoms with Crippen LogP contribution in [0, 0.1) is 6.85 Å². The van der Waals surface area contributed by atoms with Crippen LogP contribution in [0.3, 0.4) is 0 Å². The predicted octanol–water partition coefficient (Wildman–Crippen LogP) is 5.45. The van der Waals surface area contributed by atoms with E-state index >= 15 is 0 Å². The lowest BCUT2D eigenvalue weighted by atomic mass is 9.34. The van der Waals surface area contributed by atoms with E-state index < -0.39 is 6.85 Å². The quantitative estimate of drug-likeness (QED) is 0.335. The van der Waals surface area contributed by atoms with Crippen LogP contribution in [0.2, 0.25) is 0 Å². The molecule has 2 aliphatic heterocycles. The van der Waals surface area contributed by atoms with E-state index in [4.69, 9.17) is 13.6 Å². The molecule has 0 atom stereocenters. The molecule has 0 saturated carbocycles. The molecule has 3 nitrogen and oxygen atoms in total. The van der Waals surface area contributed by atoms with Crippen LogP contribution in [-0.2, 0) is 0 Å². The Kier molecular flexibility index (Phi) is 3.53. The third-order valence-electron chi connectivity index (χ3n) is 6.60. The summed E-state index contributed by atoms with van der Waals surface area (Å²) >= 11 is 0. The molecule has 0 amide bonds. The van der Waals surface area contributed by atoms with Gasteiger partial charge in [0.25, 0.3) is 6.71 Å². The lowest BCUT2D eigenvalue weighted by Gasteiger charge is -2.33. The molecule has 0 spiro atoms. The normalized spacial score (nSPS) is 14.4. The molecule has 2 aliphatic rings. The standard InChI is InChI=1S/C30H20BNO2/c1-19-18-32-25(17-22(19)20-9-3-2-4-10-20)21-11-7-13-24-30(21)34-28-16-8-15-27-29(28)31(24)23-12-5-6-14-26(23)33-27/h2-18H,1H3/i1D3. The fraction of sp³-hybridized carbons (Fsp3) is 0.0333. The number of hydrogen-bond acceptors (Lipinski definition) is 3. The van der Waals surface area contributed by atoms with Gasteiger partial charge in [0, 0.05) is 21.3 Å². The average molecular weight is 440 g/mol. The van der Waals surface area contributed by atoms with Crippen LogP contribution in [0.25, 0.3) is 22.4 Å². The highest BCUT2D eigenvalue weighted by atomic mass is 16.5. The minimum atomic E-state index is -2.29. The van der Waals surface area contributed by atoms with Crippen molar-refractivity contribution in [1.29, 1.82) is 0 Å². The van der Waals surface area contributed by atoms with Gasteiger partial charge in [-0.05, 0) is 64.8 Å². The van der Waals surface area contributed by atoms with Crippen LogP contribution in [0.5, 0.6) is 23.0 Å². The number of benzene rings is 4. The number of nitrogens with zero attached hydrogens (tertiary/aromatic N) is 1. The zero-order valence-corrected chi connectivity index (χ0v) is 18.2. The van der Waals surface area contributed by atoms with Crippen LogP contribution in [0.4, 0.5) is 0 Å². The van der Waals surface area contributed by atoms with E-state index in [2.05, 4.69) is 17.1 Å². The maximum absolute atomic E-state index is 8.07. The van der Waals surface area contributed by atoms with Crippen LogP contribution >= 0.6 is 0 Å². The second-order valence-corrected chi connectivity index (χ2v) is 8.55. The molecular formula is C30H20BNO2. The topological polar surface area (TPSA) is 31.4 Å². The van der Waals surface area contributed by atoms with E-state index in [1.807, 2.05) is 84.9 Å². The zero-order chi connectivity index (χ0) is 25.1. The summed E-state index contributed by atoms with van der Waals surface area (Å²) in [5, 5.41) is 0. The molecule has 0 aliphatic carbocycles. The van der Waals surface area contributed by atoms with Gasteiger partial charge in [-0.2, -0.15) is 0 Å². The fourth-order valence-corrected chi connectivity index (χ4v) is 5.06. The van der Waals surface area contributed by atoms with E-state index in [0.717, 1.165) is 50.5 Å². The predicted molar refractivity (Wildman–Crippen MR) is 138 cm³/mol. The van der Waals surface area contributed by atoms with Gasteiger partial charge in [-0.3, -0.25) is 4.98 Å². The maximum atomic E-state index is 8.07. The van der Waals surface area contributed by atoms with Gasteiger partial charge in [-0.25, -0.2) is 0 Å². The number of hydrogen-bond donors (Lipinski definition) is 0. The lowest BCUT2D eigenvalue weighted by molar-refractivity contribution is 0.465. The second kappa shape index (κ2) is 7.36. The smallest absolute Gasteiger partial charge is 0.260 e. The van der Waals surface area contributed by atoms with E-state index in [0.29, 0.717) is 11.3 Å². The van der Waals surface area contributed by atoms with Gasteiger partial charge in [-0.1, -0.05) is 66.7 Å². The molecule has 0 unspecified atom stereocenters. The fourth-order valence-electron chi connectivity index (χ4n) is 5.06. The van der Waals surface area contributed by atoms with Crippen molar-refractivity contribution >= 4 is 23.1 Å². The Balaban J connectivity index is 1.45. The summed E-state index contributed by atoms with van der Waals surface area (Å²) in [4.78, 5) is 4.63. The zero-order valence-electron chi connectivity index (χ0n) is 21.2. The molecule has 4 heteroatoms. The number of aromatic nitrogens is 1. The summed E-state index contributed by atoms with van der Waals surface area (Å²) in [6.45, 7) is -2.33. The minimum absolute atomic E-state index is 0.0462. The van der Waals surface area contributed by atoms with Gasteiger partial charge in [-0.15, -0.1) is 0 Å². The summed E-state index contributed by atoms with van der Waals surface area (Å²) in [5.41, 5.74) is 6.28. The van der Waals surface area contributed by atoms with Gasteiger partial charge >= 0.3 is 0 Å². The molecule has 160 valence electrons. The Hall–Kier alpha value is -4.31. The van der Waals surface area contributed by atoms with Crippen molar-refractivity contribution in [3.63, 3.8) is 0 Å². The molecule has 0 fully saturated rings. The largest absolute Gasteiger partial charge is 0.458 e. The average Bonchev–Trinajstić information content (AvgIpc) is 2.92. The summed E-state index contributed by atoms with van der Waals surface area (Å²) in [7, 11) is 0.